The van der Waals surface area contributed by atoms with Gasteiger partial charge in [0.15, 0.2) is 11.5 Å². The molecule has 0 saturated heterocycles. The summed E-state index contributed by atoms with van der Waals surface area (Å²) < 4.78 is 5.39. The molecule has 19 heavy (non-hydrogen) atoms. The van der Waals surface area contributed by atoms with Crippen LogP contribution in [0.2, 0.25) is 0 Å². The number of hydrogen-bond acceptors (Lipinski definition) is 4. The van der Waals surface area contributed by atoms with Gasteiger partial charge in [-0.1, -0.05) is 0 Å². The molecule has 1 N–H and O–H groups in total. The Morgan fingerprint density at radius 3 is 2.79 bits per heavy atom. The van der Waals surface area contributed by atoms with Crippen LogP contribution in [-0.4, -0.2) is 21.6 Å². The summed E-state index contributed by atoms with van der Waals surface area (Å²) in [6.45, 7) is 6.79. The lowest BCUT2D eigenvalue weighted by Crippen LogP contribution is -1.93. The summed E-state index contributed by atoms with van der Waals surface area (Å²) in [4.78, 5) is 14.7. The lowest BCUT2D eigenvalue weighted by molar-refractivity contribution is 0.328. The molecule has 0 aliphatic heterocycles. The van der Waals surface area contributed by atoms with E-state index in [1.165, 1.54) is 10.4 Å². The van der Waals surface area contributed by atoms with Gasteiger partial charge in [0.2, 0.25) is 5.88 Å². The number of ether oxygens (including phenoxy) is 1. The van der Waals surface area contributed by atoms with Crippen LogP contribution in [0.15, 0.2) is 18.2 Å². The van der Waals surface area contributed by atoms with Crippen LogP contribution in [0.4, 0.5) is 0 Å². The molecule has 5 heteroatoms. The van der Waals surface area contributed by atoms with Crippen molar-refractivity contribution in [2.45, 2.75) is 20.8 Å². The topological polar surface area (TPSA) is 50.8 Å². The minimum absolute atomic E-state index is 0.610. The third-order valence-corrected chi connectivity index (χ3v) is 4.17. The molecule has 0 bridgehead atoms. The highest BCUT2D eigenvalue weighted by Gasteiger charge is 2.10. The van der Waals surface area contributed by atoms with Crippen molar-refractivity contribution >= 4 is 22.5 Å². The van der Waals surface area contributed by atoms with Crippen molar-refractivity contribution in [1.82, 2.24) is 15.0 Å². The Balaban J connectivity index is 2.05. The zero-order chi connectivity index (χ0) is 13.4. The van der Waals surface area contributed by atoms with Crippen LogP contribution >= 0.6 is 11.3 Å². The van der Waals surface area contributed by atoms with Crippen LogP contribution in [0.25, 0.3) is 21.9 Å². The highest BCUT2D eigenvalue weighted by molar-refractivity contribution is 7.15. The van der Waals surface area contributed by atoms with Gasteiger partial charge in [0, 0.05) is 10.9 Å². The van der Waals surface area contributed by atoms with Gasteiger partial charge in [-0.25, -0.2) is 4.98 Å². The van der Waals surface area contributed by atoms with E-state index in [4.69, 9.17) is 4.74 Å². The van der Waals surface area contributed by atoms with Crippen LogP contribution in [0.3, 0.4) is 0 Å². The Hall–Kier alpha value is -1.88. The predicted molar refractivity (Wildman–Crippen MR) is 77.8 cm³/mol. The number of hydrogen-bond donors (Lipinski definition) is 1. The molecule has 0 radical (unpaired) electrons. The number of thiophene rings is 1. The average molecular weight is 273 g/mol. The zero-order valence-electron chi connectivity index (χ0n) is 11.2. The molecular weight excluding hydrogens is 258 g/mol. The monoisotopic (exact) mass is 273 g/mol. The molecule has 4 nitrogen and oxygen atoms in total. The molecule has 0 saturated carbocycles. The van der Waals surface area contributed by atoms with E-state index in [0.717, 1.165) is 16.2 Å². The summed E-state index contributed by atoms with van der Waals surface area (Å²) in [5.41, 5.74) is 2.93. The number of aromatic nitrogens is 3. The van der Waals surface area contributed by atoms with Gasteiger partial charge in [-0.15, -0.1) is 11.3 Å². The Kier molecular flexibility index (Phi) is 2.98. The predicted octanol–water partition coefficient (Wildman–Crippen LogP) is 3.70. The van der Waals surface area contributed by atoms with Gasteiger partial charge in [-0.05, 0) is 38.5 Å². The van der Waals surface area contributed by atoms with Crippen molar-refractivity contribution in [3.8, 4) is 16.6 Å². The molecule has 3 aromatic rings. The molecule has 3 aromatic heterocycles. The Bertz CT molecular complexity index is 710. The van der Waals surface area contributed by atoms with Gasteiger partial charge in [-0.2, -0.15) is 4.98 Å². The second kappa shape index (κ2) is 4.66. The fourth-order valence-electron chi connectivity index (χ4n) is 1.91. The first kappa shape index (κ1) is 12.2. The standard InChI is InChI=1S/C14H15N3OS/c1-4-18-12-6-5-10-13(16-12)17-14(15-10)11-7-8(2)9(3)19-11/h5-7H,4H2,1-3H3,(H,15,16,17). The minimum Gasteiger partial charge on any atom is -0.478 e. The number of pyridine rings is 1. The molecule has 0 spiro atoms. The first-order chi connectivity index (χ1) is 9.17. The van der Waals surface area contributed by atoms with Crippen LogP contribution < -0.4 is 4.74 Å². The van der Waals surface area contributed by atoms with Crippen molar-refractivity contribution in [1.29, 1.82) is 0 Å². The number of rotatable bonds is 3. The number of aromatic amines is 1. The van der Waals surface area contributed by atoms with E-state index < -0.39 is 0 Å². The van der Waals surface area contributed by atoms with Crippen LogP contribution in [-0.2, 0) is 0 Å². The van der Waals surface area contributed by atoms with Crippen molar-refractivity contribution in [2.75, 3.05) is 6.61 Å². The van der Waals surface area contributed by atoms with E-state index in [-0.39, 0.29) is 0 Å². The quantitative estimate of drug-likeness (QED) is 0.791. The summed E-state index contributed by atoms with van der Waals surface area (Å²) in [5.74, 6) is 1.49. The van der Waals surface area contributed by atoms with Gasteiger partial charge in [0.1, 0.15) is 0 Å². The van der Waals surface area contributed by atoms with Gasteiger partial charge in [0.05, 0.1) is 17.0 Å². The van der Waals surface area contributed by atoms with Crippen LogP contribution in [0.1, 0.15) is 17.4 Å². The van der Waals surface area contributed by atoms with Crippen LogP contribution in [0, 0.1) is 13.8 Å². The maximum Gasteiger partial charge on any atom is 0.215 e. The van der Waals surface area contributed by atoms with Crippen LogP contribution in [0.5, 0.6) is 5.88 Å². The number of nitrogens with one attached hydrogen (secondary N) is 1. The lowest BCUT2D eigenvalue weighted by Gasteiger charge is -1.99. The van der Waals surface area contributed by atoms with Crippen molar-refractivity contribution < 1.29 is 4.74 Å². The van der Waals surface area contributed by atoms with E-state index in [2.05, 4.69) is 34.9 Å². The molecule has 0 atom stereocenters. The number of imidazole rings is 1. The fraction of sp³-hybridized carbons (Fsp3) is 0.286. The minimum atomic E-state index is 0.610. The molecule has 0 amide bonds. The second-order valence-corrected chi connectivity index (χ2v) is 5.65. The fourth-order valence-corrected chi connectivity index (χ4v) is 2.89. The molecule has 3 heterocycles. The Morgan fingerprint density at radius 2 is 2.11 bits per heavy atom. The van der Waals surface area contributed by atoms with Crippen molar-refractivity contribution in [3.63, 3.8) is 0 Å². The SMILES string of the molecule is CCOc1ccc2[nH]c(-c3cc(C)c(C)s3)nc2n1. The lowest BCUT2D eigenvalue weighted by atomic mass is 10.3. The first-order valence-corrected chi connectivity index (χ1v) is 7.06. The highest BCUT2D eigenvalue weighted by Crippen LogP contribution is 2.30. The largest absolute Gasteiger partial charge is 0.478 e. The third kappa shape index (κ3) is 2.21. The van der Waals surface area contributed by atoms with Gasteiger partial charge < -0.3 is 9.72 Å². The Morgan fingerprint density at radius 1 is 1.26 bits per heavy atom. The third-order valence-electron chi connectivity index (χ3n) is 3.01. The van der Waals surface area contributed by atoms with Gasteiger partial charge in [0.25, 0.3) is 0 Å². The maximum atomic E-state index is 5.39. The zero-order valence-corrected chi connectivity index (χ0v) is 12.0. The second-order valence-electron chi connectivity index (χ2n) is 4.39. The average Bonchev–Trinajstić information content (AvgIpc) is 2.94. The summed E-state index contributed by atoms with van der Waals surface area (Å²) >= 11 is 1.74. The summed E-state index contributed by atoms with van der Waals surface area (Å²) in [5, 5.41) is 0. The number of aryl methyl sites for hydroxylation is 2. The number of fused-ring (bicyclic) bond motifs is 1. The number of nitrogens with zero attached hydrogens (tertiary/aromatic N) is 2. The summed E-state index contributed by atoms with van der Waals surface area (Å²) in [6, 6.07) is 5.97. The van der Waals surface area contributed by atoms with E-state index in [9.17, 15) is 0 Å². The van der Waals surface area contributed by atoms with E-state index in [1.54, 1.807) is 11.3 Å². The van der Waals surface area contributed by atoms with Gasteiger partial charge >= 0.3 is 0 Å². The highest BCUT2D eigenvalue weighted by atomic mass is 32.1. The molecule has 3 rings (SSSR count). The molecule has 0 aliphatic carbocycles. The molecule has 0 fully saturated rings. The van der Waals surface area contributed by atoms with Crippen molar-refractivity contribution in [2.24, 2.45) is 0 Å². The molecule has 0 aromatic carbocycles. The van der Waals surface area contributed by atoms with E-state index in [1.807, 2.05) is 19.1 Å². The molecule has 98 valence electrons. The summed E-state index contributed by atoms with van der Waals surface area (Å²) in [6.07, 6.45) is 0. The Labute approximate surface area is 115 Å². The molecule has 0 unspecified atom stereocenters. The maximum absolute atomic E-state index is 5.39. The molecular formula is C14H15N3OS. The summed E-state index contributed by atoms with van der Waals surface area (Å²) in [7, 11) is 0. The van der Waals surface area contributed by atoms with Gasteiger partial charge in [-0.3, -0.25) is 0 Å². The normalized spacial score (nSPS) is 11.1. The molecule has 0 aliphatic rings. The van der Waals surface area contributed by atoms with E-state index >= 15 is 0 Å². The number of H-pyrrole nitrogens is 1. The smallest absolute Gasteiger partial charge is 0.215 e. The van der Waals surface area contributed by atoms with E-state index in [0.29, 0.717) is 18.1 Å². The first-order valence-electron chi connectivity index (χ1n) is 6.24. The van der Waals surface area contributed by atoms with Crippen molar-refractivity contribution in [3.05, 3.63) is 28.6 Å².